The highest BCUT2D eigenvalue weighted by Gasteiger charge is 2.12. The average Bonchev–Trinajstić information content (AvgIpc) is 2.92. The van der Waals surface area contributed by atoms with Gasteiger partial charge in [0.1, 0.15) is 0 Å². The summed E-state index contributed by atoms with van der Waals surface area (Å²) in [6.45, 7) is 0.194. The SMILES string of the molecule is O=S(=O)(NCCc1cnc[nH]1)c1ccc(CO)cc1. The third-order valence-corrected chi connectivity index (χ3v) is 4.13. The zero-order chi connectivity index (χ0) is 13.7. The van der Waals surface area contributed by atoms with Crippen LogP contribution in [0.2, 0.25) is 0 Å². The van der Waals surface area contributed by atoms with Crippen LogP contribution in [0.1, 0.15) is 11.3 Å². The molecule has 0 radical (unpaired) electrons. The van der Waals surface area contributed by atoms with Gasteiger partial charge in [-0.25, -0.2) is 18.1 Å². The molecule has 1 aromatic heterocycles. The van der Waals surface area contributed by atoms with Crippen LogP contribution < -0.4 is 4.72 Å². The summed E-state index contributed by atoms with van der Waals surface area (Å²) in [5.74, 6) is 0. The van der Waals surface area contributed by atoms with Gasteiger partial charge in [0.2, 0.25) is 10.0 Å². The number of rotatable bonds is 6. The van der Waals surface area contributed by atoms with Crippen molar-refractivity contribution in [2.45, 2.75) is 17.9 Å². The van der Waals surface area contributed by atoms with Gasteiger partial charge in [0.25, 0.3) is 0 Å². The normalized spacial score (nSPS) is 11.6. The molecule has 2 rings (SSSR count). The summed E-state index contributed by atoms with van der Waals surface area (Å²) < 4.78 is 26.4. The second-order valence-electron chi connectivity index (χ2n) is 4.03. The lowest BCUT2D eigenvalue weighted by atomic mass is 10.2. The van der Waals surface area contributed by atoms with Crippen LogP contribution in [0.5, 0.6) is 0 Å². The largest absolute Gasteiger partial charge is 0.392 e. The quantitative estimate of drug-likeness (QED) is 0.715. The van der Waals surface area contributed by atoms with Crippen LogP contribution >= 0.6 is 0 Å². The fraction of sp³-hybridized carbons (Fsp3) is 0.250. The maximum atomic E-state index is 12.0. The van der Waals surface area contributed by atoms with E-state index in [1.807, 2.05) is 0 Å². The van der Waals surface area contributed by atoms with E-state index in [4.69, 9.17) is 5.11 Å². The van der Waals surface area contributed by atoms with Gasteiger partial charge in [-0.2, -0.15) is 0 Å². The smallest absolute Gasteiger partial charge is 0.240 e. The van der Waals surface area contributed by atoms with Crippen molar-refractivity contribution in [2.24, 2.45) is 0 Å². The van der Waals surface area contributed by atoms with Gasteiger partial charge in [-0.05, 0) is 17.7 Å². The number of H-pyrrole nitrogens is 1. The third kappa shape index (κ3) is 3.63. The molecular weight excluding hydrogens is 266 g/mol. The molecule has 3 N–H and O–H groups in total. The van der Waals surface area contributed by atoms with E-state index in [0.717, 1.165) is 5.69 Å². The molecule has 2 aromatic rings. The Morgan fingerprint density at radius 3 is 2.58 bits per heavy atom. The van der Waals surface area contributed by atoms with Gasteiger partial charge in [-0.15, -0.1) is 0 Å². The van der Waals surface area contributed by atoms with Gasteiger partial charge < -0.3 is 10.1 Å². The highest BCUT2D eigenvalue weighted by atomic mass is 32.2. The number of aliphatic hydroxyl groups is 1. The maximum absolute atomic E-state index is 12.0. The van der Waals surface area contributed by atoms with Crippen molar-refractivity contribution in [3.63, 3.8) is 0 Å². The third-order valence-electron chi connectivity index (χ3n) is 2.66. The molecule has 0 aliphatic rings. The zero-order valence-electron chi connectivity index (χ0n) is 10.2. The number of imidazole rings is 1. The number of nitrogens with zero attached hydrogens (tertiary/aromatic N) is 1. The van der Waals surface area contributed by atoms with Gasteiger partial charge in [-0.1, -0.05) is 12.1 Å². The lowest BCUT2D eigenvalue weighted by Gasteiger charge is -2.06. The van der Waals surface area contributed by atoms with Crippen molar-refractivity contribution in [1.29, 1.82) is 0 Å². The molecule has 0 aliphatic carbocycles. The molecule has 0 saturated carbocycles. The van der Waals surface area contributed by atoms with Crippen LogP contribution in [-0.2, 0) is 23.1 Å². The number of aromatic amines is 1. The second kappa shape index (κ2) is 5.96. The Hall–Kier alpha value is -1.70. The van der Waals surface area contributed by atoms with Crippen molar-refractivity contribution in [1.82, 2.24) is 14.7 Å². The Kier molecular flexibility index (Phi) is 4.31. The minimum absolute atomic E-state index is 0.104. The first-order chi connectivity index (χ1) is 9.12. The predicted molar refractivity (Wildman–Crippen MR) is 69.8 cm³/mol. The number of sulfonamides is 1. The molecule has 7 heteroatoms. The van der Waals surface area contributed by atoms with Gasteiger partial charge in [0, 0.05) is 24.9 Å². The number of nitrogens with one attached hydrogen (secondary N) is 2. The van der Waals surface area contributed by atoms with Gasteiger partial charge >= 0.3 is 0 Å². The average molecular weight is 281 g/mol. The first kappa shape index (κ1) is 13.7. The minimum atomic E-state index is -3.50. The summed E-state index contributed by atoms with van der Waals surface area (Å²) in [6, 6.07) is 6.13. The summed E-state index contributed by atoms with van der Waals surface area (Å²) in [6.07, 6.45) is 3.76. The molecule has 1 aromatic carbocycles. The van der Waals surface area contributed by atoms with Gasteiger partial charge in [0.05, 0.1) is 17.8 Å². The molecule has 0 unspecified atom stereocenters. The summed E-state index contributed by atoms with van der Waals surface area (Å²) in [5.41, 5.74) is 1.55. The van der Waals surface area contributed by atoms with E-state index in [1.54, 1.807) is 24.7 Å². The second-order valence-corrected chi connectivity index (χ2v) is 5.79. The van der Waals surface area contributed by atoms with Crippen molar-refractivity contribution in [3.05, 3.63) is 48.0 Å². The Bertz CT molecular complexity index is 606. The van der Waals surface area contributed by atoms with Crippen LogP contribution in [0.4, 0.5) is 0 Å². The first-order valence-electron chi connectivity index (χ1n) is 5.78. The van der Waals surface area contributed by atoms with E-state index in [2.05, 4.69) is 14.7 Å². The molecule has 0 amide bonds. The van der Waals surface area contributed by atoms with Crippen LogP contribution in [-0.4, -0.2) is 30.0 Å². The van der Waals surface area contributed by atoms with E-state index >= 15 is 0 Å². The van der Waals surface area contributed by atoms with E-state index < -0.39 is 10.0 Å². The molecule has 0 aliphatic heterocycles. The Morgan fingerprint density at radius 2 is 2.00 bits per heavy atom. The Morgan fingerprint density at radius 1 is 1.26 bits per heavy atom. The van der Waals surface area contributed by atoms with Crippen molar-refractivity contribution in [3.8, 4) is 0 Å². The fourth-order valence-corrected chi connectivity index (χ4v) is 2.63. The number of aliphatic hydroxyl groups excluding tert-OH is 1. The molecule has 102 valence electrons. The summed E-state index contributed by atoms with van der Waals surface area (Å²) in [5, 5.41) is 8.90. The van der Waals surface area contributed by atoms with E-state index in [9.17, 15) is 8.42 Å². The number of hydrogen-bond donors (Lipinski definition) is 3. The van der Waals surface area contributed by atoms with Gasteiger partial charge in [0.15, 0.2) is 0 Å². The minimum Gasteiger partial charge on any atom is -0.392 e. The summed E-state index contributed by atoms with van der Waals surface area (Å²) >= 11 is 0. The van der Waals surface area contributed by atoms with E-state index in [1.165, 1.54) is 12.1 Å². The van der Waals surface area contributed by atoms with E-state index in [0.29, 0.717) is 18.5 Å². The number of benzene rings is 1. The molecule has 1 heterocycles. The molecule has 0 spiro atoms. The molecule has 0 saturated heterocycles. The number of aromatic nitrogens is 2. The Labute approximate surface area is 111 Å². The lowest BCUT2D eigenvalue weighted by molar-refractivity contribution is 0.282. The molecule has 6 nitrogen and oxygen atoms in total. The topological polar surface area (TPSA) is 95.1 Å². The van der Waals surface area contributed by atoms with Crippen LogP contribution in [0, 0.1) is 0 Å². The molecule has 0 fully saturated rings. The van der Waals surface area contributed by atoms with Crippen LogP contribution in [0.15, 0.2) is 41.7 Å². The zero-order valence-corrected chi connectivity index (χ0v) is 11.0. The predicted octanol–water partition coefficient (Wildman–Crippen LogP) is 0.423. The highest BCUT2D eigenvalue weighted by molar-refractivity contribution is 7.89. The monoisotopic (exact) mass is 281 g/mol. The standard InChI is InChI=1S/C12H15N3O3S/c16-8-10-1-3-12(4-2-10)19(17,18)15-6-5-11-7-13-9-14-11/h1-4,7,9,15-16H,5-6,8H2,(H,13,14). The summed E-state index contributed by atoms with van der Waals surface area (Å²) in [7, 11) is -3.50. The van der Waals surface area contributed by atoms with Crippen molar-refractivity contribution >= 4 is 10.0 Å². The highest BCUT2D eigenvalue weighted by Crippen LogP contribution is 2.10. The van der Waals surface area contributed by atoms with E-state index in [-0.39, 0.29) is 11.5 Å². The molecule has 19 heavy (non-hydrogen) atoms. The summed E-state index contributed by atoms with van der Waals surface area (Å²) in [4.78, 5) is 6.95. The number of hydrogen-bond acceptors (Lipinski definition) is 4. The molecule has 0 bridgehead atoms. The first-order valence-corrected chi connectivity index (χ1v) is 7.27. The van der Waals surface area contributed by atoms with Crippen LogP contribution in [0.3, 0.4) is 0 Å². The fourth-order valence-electron chi connectivity index (χ4n) is 1.60. The van der Waals surface area contributed by atoms with Crippen molar-refractivity contribution < 1.29 is 13.5 Å². The maximum Gasteiger partial charge on any atom is 0.240 e. The molecule has 0 atom stereocenters. The lowest BCUT2D eigenvalue weighted by Crippen LogP contribution is -2.26. The van der Waals surface area contributed by atoms with Crippen LogP contribution in [0.25, 0.3) is 0 Å². The Balaban J connectivity index is 1.97. The van der Waals surface area contributed by atoms with Gasteiger partial charge in [-0.3, -0.25) is 0 Å². The molecular formula is C12H15N3O3S. The van der Waals surface area contributed by atoms with Crippen molar-refractivity contribution in [2.75, 3.05) is 6.54 Å².